The van der Waals surface area contributed by atoms with Crippen molar-refractivity contribution in [2.45, 2.75) is 237 Å². The first kappa shape index (κ1) is 47.3. The summed E-state index contributed by atoms with van der Waals surface area (Å²) >= 11 is 0. The number of ether oxygens (including phenoxy) is 5. The van der Waals surface area contributed by atoms with Crippen molar-refractivity contribution in [1.29, 1.82) is 0 Å². The van der Waals surface area contributed by atoms with Gasteiger partial charge in [0.15, 0.2) is 8.32 Å². The monoisotopic (exact) mass is 841 g/mol. The molecule has 0 amide bonds. The number of aliphatic hydroxyl groups excluding tert-OH is 1. The molecule has 3 unspecified atom stereocenters. The zero-order valence-corrected chi connectivity index (χ0v) is 40.0. The molecule has 1 N–H and O–H groups in total. The van der Waals surface area contributed by atoms with Crippen molar-refractivity contribution in [2.75, 3.05) is 0 Å². The molecule has 336 valence electrons. The molecule has 8 bridgehead atoms. The summed E-state index contributed by atoms with van der Waals surface area (Å²) in [5.74, 6) is 1.96. The SMILES string of the molecule is C=C1C[C@@H]2CCC(O)/C=C/[C@H](O[Si](C)(C)C(C)(C)C)[C@@H]3O[C@H]4CCC(CC(=O)C[C@@H]5[C@@H](C)[C@@H](C[C@H](C)CC)O[C@H]5C[C@H]5OC(CC[C@@H]1O2)C[C@@H](C)C5=C)O[C@@H]4[C@H](C)[C@@H]3C. The summed E-state index contributed by atoms with van der Waals surface area (Å²) in [5.41, 5.74) is 2.30. The maximum atomic E-state index is 14.2. The van der Waals surface area contributed by atoms with Gasteiger partial charge in [0.2, 0.25) is 0 Å². The number of carbonyl (C=O) groups is 1. The number of fused-ring (bicyclic) bond motifs is 2. The highest BCUT2D eigenvalue weighted by Crippen LogP contribution is 2.46. The first-order valence-electron chi connectivity index (χ1n) is 23.9. The molecule has 5 saturated heterocycles. The molecule has 0 spiro atoms. The van der Waals surface area contributed by atoms with E-state index in [0.29, 0.717) is 31.1 Å². The van der Waals surface area contributed by atoms with Gasteiger partial charge in [0.25, 0.3) is 0 Å². The molecule has 0 aliphatic carbocycles. The summed E-state index contributed by atoms with van der Waals surface area (Å²) in [6, 6.07) is 0. The van der Waals surface area contributed by atoms with Crippen LogP contribution < -0.4 is 0 Å². The van der Waals surface area contributed by atoms with Crippen LogP contribution in [0, 0.1) is 35.5 Å². The number of carbonyl (C=O) groups excluding carboxylic acids is 1. The van der Waals surface area contributed by atoms with E-state index < -0.39 is 14.4 Å². The second-order valence-corrected chi connectivity index (χ2v) is 26.6. The number of aliphatic hydroxyl groups is 1. The van der Waals surface area contributed by atoms with Crippen LogP contribution in [0.3, 0.4) is 0 Å². The summed E-state index contributed by atoms with van der Waals surface area (Å²) in [7, 11) is -2.20. The molecule has 0 aromatic rings. The van der Waals surface area contributed by atoms with Gasteiger partial charge in [0.05, 0.1) is 73.2 Å². The second kappa shape index (κ2) is 19.7. The van der Waals surface area contributed by atoms with E-state index >= 15 is 0 Å². The summed E-state index contributed by atoms with van der Waals surface area (Å²) < 4.78 is 41.5. The molecule has 8 nitrogen and oxygen atoms in total. The van der Waals surface area contributed by atoms with Gasteiger partial charge in [-0.1, -0.05) is 94.0 Å². The molecule has 8 aliphatic heterocycles. The van der Waals surface area contributed by atoms with Crippen LogP contribution in [-0.4, -0.2) is 92.5 Å². The van der Waals surface area contributed by atoms with E-state index in [0.717, 1.165) is 75.4 Å². The fraction of sp³-hybridized carbons (Fsp3) is 0.860. The lowest BCUT2D eigenvalue weighted by Gasteiger charge is -2.51. The topological polar surface area (TPSA) is 92.7 Å². The fourth-order valence-electron chi connectivity index (χ4n) is 10.8. The summed E-state index contributed by atoms with van der Waals surface area (Å²) in [6.07, 6.45) is 13.2. The third kappa shape index (κ3) is 11.3. The van der Waals surface area contributed by atoms with Gasteiger partial charge >= 0.3 is 0 Å². The average molecular weight is 841 g/mol. The molecule has 5 fully saturated rings. The Kier molecular flexibility index (Phi) is 15.8. The largest absolute Gasteiger partial charge is 0.408 e. The van der Waals surface area contributed by atoms with E-state index in [1.807, 2.05) is 6.08 Å². The minimum absolute atomic E-state index is 0.00174. The van der Waals surface area contributed by atoms with Crippen LogP contribution in [0.25, 0.3) is 0 Å². The summed E-state index contributed by atoms with van der Waals surface area (Å²) in [4.78, 5) is 14.2. The van der Waals surface area contributed by atoms with Crippen molar-refractivity contribution < 1.29 is 38.0 Å². The van der Waals surface area contributed by atoms with Crippen LogP contribution in [0.4, 0.5) is 0 Å². The molecule has 59 heavy (non-hydrogen) atoms. The zero-order valence-electron chi connectivity index (χ0n) is 39.0. The molecule has 9 heteroatoms. The van der Waals surface area contributed by atoms with Gasteiger partial charge in [-0.2, -0.15) is 0 Å². The third-order valence-electron chi connectivity index (χ3n) is 16.4. The number of rotatable bonds is 5. The number of hydrogen-bond acceptors (Lipinski definition) is 8. The highest BCUT2D eigenvalue weighted by Gasteiger charge is 2.50. The Morgan fingerprint density at radius 2 is 1.44 bits per heavy atom. The lowest BCUT2D eigenvalue weighted by atomic mass is 9.76. The summed E-state index contributed by atoms with van der Waals surface area (Å²) in [6.45, 7) is 34.1. The zero-order chi connectivity index (χ0) is 43.0. The van der Waals surface area contributed by atoms with Crippen molar-refractivity contribution in [3.63, 3.8) is 0 Å². The van der Waals surface area contributed by atoms with E-state index in [-0.39, 0.29) is 102 Å². The maximum Gasteiger partial charge on any atom is 0.193 e. The molecule has 0 aromatic heterocycles. The van der Waals surface area contributed by atoms with Crippen LogP contribution in [0.5, 0.6) is 0 Å². The van der Waals surface area contributed by atoms with E-state index in [9.17, 15) is 9.90 Å². The molecule has 0 saturated carbocycles. The van der Waals surface area contributed by atoms with Crippen molar-refractivity contribution in [3.8, 4) is 0 Å². The molecule has 0 radical (unpaired) electrons. The normalized spacial score (nSPS) is 44.4. The Morgan fingerprint density at radius 3 is 2.15 bits per heavy atom. The lowest BCUT2D eigenvalue weighted by Crippen LogP contribution is -2.58. The molecule has 8 heterocycles. The van der Waals surface area contributed by atoms with E-state index in [4.69, 9.17) is 28.1 Å². The van der Waals surface area contributed by atoms with Crippen molar-refractivity contribution in [3.05, 3.63) is 36.5 Å². The maximum absolute atomic E-state index is 14.2. The third-order valence-corrected chi connectivity index (χ3v) is 20.9. The van der Waals surface area contributed by atoms with Crippen LogP contribution >= 0.6 is 0 Å². The molecular formula is C50H84O8Si. The lowest BCUT2D eigenvalue weighted by molar-refractivity contribution is -0.237. The molecule has 8 aliphatic rings. The Bertz CT molecular complexity index is 1470. The first-order chi connectivity index (χ1) is 27.7. The molecule has 8 rings (SSSR count). The average Bonchev–Trinajstić information content (AvgIpc) is 3.67. The number of Topliss-reactive ketones (excluding diaryl/α,β-unsaturated/α-hetero) is 1. The smallest absolute Gasteiger partial charge is 0.193 e. The molecular weight excluding hydrogens is 757 g/mol. The van der Waals surface area contributed by atoms with Crippen molar-refractivity contribution in [1.82, 2.24) is 0 Å². The van der Waals surface area contributed by atoms with Gasteiger partial charge in [0.1, 0.15) is 5.78 Å². The fourth-order valence-corrected chi connectivity index (χ4v) is 12.1. The minimum Gasteiger partial charge on any atom is -0.408 e. The van der Waals surface area contributed by atoms with Crippen molar-refractivity contribution >= 4 is 14.1 Å². The highest BCUT2D eigenvalue weighted by atomic mass is 28.4. The van der Waals surface area contributed by atoms with Gasteiger partial charge in [-0.25, -0.2) is 0 Å². The van der Waals surface area contributed by atoms with Crippen molar-refractivity contribution in [2.24, 2.45) is 35.5 Å². The van der Waals surface area contributed by atoms with Gasteiger partial charge in [0, 0.05) is 19.3 Å². The standard InChI is InChI=1S/C50H84O8Si/c1-14-29(2)23-45-35(8)41-27-37(52)26-40-19-22-43-48(55-40)33(6)34(7)49(57-43)44(58-59(12,13)50(9,10)11)20-16-36(51)15-17-38-25-31(4)42(53-38)21-18-39-24-30(3)32(5)46(54-39)28-47(41)56-45/h16,20,29-30,33-36,38-49,51H,4-5,14-15,17-19,21-28H2,1-3,6-13H3/b20-16+/t29-,30-,33-,34+,35-,36?,38+,39?,40?,41-,42+,43+,44+,45-,46-,47+,48-,49-/m1/s1. The second-order valence-electron chi connectivity index (χ2n) is 21.8. The van der Waals surface area contributed by atoms with Crippen LogP contribution in [-0.2, 0) is 32.9 Å². The highest BCUT2D eigenvalue weighted by molar-refractivity contribution is 6.74. The van der Waals surface area contributed by atoms with E-state index in [2.05, 4.69) is 94.6 Å². The van der Waals surface area contributed by atoms with E-state index in [1.54, 1.807) is 0 Å². The van der Waals surface area contributed by atoms with Crippen LogP contribution in [0.1, 0.15) is 146 Å². The van der Waals surface area contributed by atoms with Gasteiger partial charge < -0.3 is 33.2 Å². The predicted octanol–water partition coefficient (Wildman–Crippen LogP) is 10.7. The summed E-state index contributed by atoms with van der Waals surface area (Å²) in [5, 5.41) is 11.4. The molecule has 18 atom stereocenters. The van der Waals surface area contributed by atoms with Crippen LogP contribution in [0.2, 0.25) is 18.1 Å². The number of hydrogen-bond donors (Lipinski definition) is 1. The Labute approximate surface area is 360 Å². The van der Waals surface area contributed by atoms with Crippen LogP contribution in [0.15, 0.2) is 36.5 Å². The van der Waals surface area contributed by atoms with Gasteiger partial charge in [-0.05, 0) is 123 Å². The quantitative estimate of drug-likeness (QED) is 0.216. The Morgan fingerprint density at radius 1 is 0.780 bits per heavy atom. The number of ketones is 1. The minimum atomic E-state index is -2.20. The predicted molar refractivity (Wildman–Crippen MR) is 239 cm³/mol. The first-order valence-corrected chi connectivity index (χ1v) is 26.8. The van der Waals surface area contributed by atoms with E-state index in [1.165, 1.54) is 0 Å². The van der Waals surface area contributed by atoms with Gasteiger partial charge in [-0.3, -0.25) is 4.79 Å². The molecule has 0 aromatic carbocycles. The van der Waals surface area contributed by atoms with Gasteiger partial charge in [-0.15, -0.1) is 0 Å². The Hall–Kier alpha value is -1.17. The Balaban J connectivity index is 1.25.